The second kappa shape index (κ2) is 9.25. The van der Waals surface area contributed by atoms with Crippen LogP contribution in [0.5, 0.6) is 0 Å². The number of carboxylic acid groups (broad SMARTS) is 1. The number of carboxylic acids is 1. The number of benzene rings is 2. The van der Waals surface area contributed by atoms with E-state index in [1.165, 1.54) is 11.9 Å². The number of alkyl carbamates (subject to hydrolysis) is 1. The summed E-state index contributed by atoms with van der Waals surface area (Å²) >= 11 is 0. The van der Waals surface area contributed by atoms with Gasteiger partial charge in [-0.25, -0.2) is 9.59 Å². The molecule has 174 valence electrons. The van der Waals surface area contributed by atoms with Gasteiger partial charge in [0, 0.05) is 25.4 Å². The lowest BCUT2D eigenvalue weighted by atomic mass is 9.75. The zero-order chi connectivity index (χ0) is 23.6. The standard InChI is InChI=1S/C26H30N2O5/c1-3-17(15-23(29)28(2)26(24(30)31)13-8-14-26)27-25(32)33-16-22-20-11-6-4-9-18(20)19-10-5-7-12-21(19)22/h4-7,9-12,17,22H,3,8,13-16H2,1-2H3,(H,27,32)(H,30,31)/t17-/m1/s1. The van der Waals surface area contributed by atoms with Crippen molar-refractivity contribution in [3.05, 3.63) is 59.7 Å². The number of ether oxygens (including phenoxy) is 1. The third-order valence-corrected chi connectivity index (χ3v) is 7.17. The lowest BCUT2D eigenvalue weighted by Crippen LogP contribution is -2.60. The molecule has 2 aromatic rings. The van der Waals surface area contributed by atoms with Crippen molar-refractivity contribution in [2.45, 2.75) is 56.5 Å². The topological polar surface area (TPSA) is 95.9 Å². The molecule has 0 aliphatic heterocycles. The van der Waals surface area contributed by atoms with Crippen molar-refractivity contribution in [1.29, 1.82) is 0 Å². The lowest BCUT2D eigenvalue weighted by Gasteiger charge is -2.45. The highest BCUT2D eigenvalue weighted by atomic mass is 16.5. The number of rotatable bonds is 8. The number of hydrogen-bond acceptors (Lipinski definition) is 4. The molecule has 2 N–H and O–H groups in total. The van der Waals surface area contributed by atoms with Crippen LogP contribution in [0.4, 0.5) is 4.79 Å². The average molecular weight is 451 g/mol. The molecule has 4 rings (SSSR count). The third-order valence-electron chi connectivity index (χ3n) is 7.17. The molecule has 1 fully saturated rings. The Morgan fingerprint density at radius 2 is 1.67 bits per heavy atom. The highest BCUT2D eigenvalue weighted by Gasteiger charge is 2.49. The molecule has 0 saturated heterocycles. The Morgan fingerprint density at radius 1 is 1.09 bits per heavy atom. The highest BCUT2D eigenvalue weighted by Crippen LogP contribution is 2.44. The summed E-state index contributed by atoms with van der Waals surface area (Å²) in [6.07, 6.45) is 1.70. The maximum atomic E-state index is 12.7. The van der Waals surface area contributed by atoms with Gasteiger partial charge in [-0.15, -0.1) is 0 Å². The van der Waals surface area contributed by atoms with E-state index in [1.807, 2.05) is 31.2 Å². The molecule has 1 atom stereocenters. The van der Waals surface area contributed by atoms with E-state index in [2.05, 4.69) is 29.6 Å². The molecule has 0 spiro atoms. The first-order chi connectivity index (χ1) is 15.9. The molecule has 0 radical (unpaired) electrons. The summed E-state index contributed by atoms with van der Waals surface area (Å²) in [5.41, 5.74) is 3.47. The largest absolute Gasteiger partial charge is 0.479 e. The van der Waals surface area contributed by atoms with Crippen molar-refractivity contribution in [2.75, 3.05) is 13.7 Å². The Morgan fingerprint density at radius 3 is 2.15 bits per heavy atom. The van der Waals surface area contributed by atoms with Gasteiger partial charge in [0.15, 0.2) is 0 Å². The van der Waals surface area contributed by atoms with E-state index >= 15 is 0 Å². The van der Waals surface area contributed by atoms with Crippen LogP contribution < -0.4 is 5.32 Å². The Bertz CT molecular complexity index is 1020. The number of aliphatic carboxylic acids is 1. The molecule has 2 aromatic carbocycles. The molecule has 1 saturated carbocycles. The zero-order valence-electron chi connectivity index (χ0n) is 19.0. The molecular weight excluding hydrogens is 420 g/mol. The van der Waals surface area contributed by atoms with Gasteiger partial charge < -0.3 is 20.1 Å². The quantitative estimate of drug-likeness (QED) is 0.630. The van der Waals surface area contributed by atoms with Crippen molar-refractivity contribution >= 4 is 18.0 Å². The molecule has 2 aliphatic carbocycles. The minimum absolute atomic E-state index is 0.0340. The Balaban J connectivity index is 1.35. The summed E-state index contributed by atoms with van der Waals surface area (Å²) < 4.78 is 5.58. The van der Waals surface area contributed by atoms with E-state index in [-0.39, 0.29) is 24.9 Å². The summed E-state index contributed by atoms with van der Waals surface area (Å²) in [6, 6.07) is 15.8. The maximum Gasteiger partial charge on any atom is 0.407 e. The molecule has 2 aliphatic rings. The van der Waals surface area contributed by atoms with Gasteiger partial charge in [-0.05, 0) is 47.9 Å². The number of hydrogen-bond donors (Lipinski definition) is 2. The molecule has 7 nitrogen and oxygen atoms in total. The second-order valence-corrected chi connectivity index (χ2v) is 8.92. The fourth-order valence-corrected chi connectivity index (χ4v) is 4.90. The first kappa shape index (κ1) is 22.8. The van der Waals surface area contributed by atoms with E-state index in [9.17, 15) is 19.5 Å². The molecular formula is C26H30N2O5. The summed E-state index contributed by atoms with van der Waals surface area (Å²) in [6.45, 7) is 2.07. The molecule has 0 aromatic heterocycles. The predicted molar refractivity (Wildman–Crippen MR) is 124 cm³/mol. The van der Waals surface area contributed by atoms with Crippen molar-refractivity contribution in [3.63, 3.8) is 0 Å². The third kappa shape index (κ3) is 4.19. The minimum atomic E-state index is -1.11. The van der Waals surface area contributed by atoms with Crippen LogP contribution in [0.2, 0.25) is 0 Å². The number of nitrogens with one attached hydrogen (secondary N) is 1. The summed E-state index contributed by atoms with van der Waals surface area (Å²) in [5, 5.41) is 12.4. The molecule has 0 unspecified atom stereocenters. The van der Waals surface area contributed by atoms with E-state index in [1.54, 1.807) is 0 Å². The smallest absolute Gasteiger partial charge is 0.407 e. The summed E-state index contributed by atoms with van der Waals surface area (Å²) in [5.74, 6) is -1.30. The van der Waals surface area contributed by atoms with E-state index in [0.717, 1.165) is 28.7 Å². The summed E-state index contributed by atoms with van der Waals surface area (Å²) in [4.78, 5) is 38.3. The molecule has 2 amide bonds. The number of amides is 2. The van der Waals surface area contributed by atoms with Crippen LogP contribution in [-0.2, 0) is 14.3 Å². The van der Waals surface area contributed by atoms with Crippen LogP contribution in [0.1, 0.15) is 56.1 Å². The van der Waals surface area contributed by atoms with Gasteiger partial charge in [-0.1, -0.05) is 55.5 Å². The van der Waals surface area contributed by atoms with Crippen LogP contribution >= 0.6 is 0 Å². The van der Waals surface area contributed by atoms with E-state index in [0.29, 0.717) is 19.3 Å². The van der Waals surface area contributed by atoms with Crippen LogP contribution in [-0.4, -0.2) is 53.2 Å². The maximum absolute atomic E-state index is 12.7. The van der Waals surface area contributed by atoms with Gasteiger partial charge in [0.1, 0.15) is 12.1 Å². The monoisotopic (exact) mass is 450 g/mol. The number of nitrogens with zero attached hydrogens (tertiary/aromatic N) is 1. The fourth-order valence-electron chi connectivity index (χ4n) is 4.90. The number of fused-ring (bicyclic) bond motifs is 3. The Hall–Kier alpha value is -3.35. The van der Waals surface area contributed by atoms with Crippen LogP contribution in [0.25, 0.3) is 11.1 Å². The zero-order valence-corrected chi connectivity index (χ0v) is 19.0. The number of likely N-dealkylation sites (N-methyl/N-ethyl adjacent to an activating group) is 1. The van der Waals surface area contributed by atoms with Gasteiger partial charge in [-0.3, -0.25) is 4.79 Å². The van der Waals surface area contributed by atoms with Crippen molar-refractivity contribution in [1.82, 2.24) is 10.2 Å². The van der Waals surface area contributed by atoms with Crippen molar-refractivity contribution < 1.29 is 24.2 Å². The lowest BCUT2D eigenvalue weighted by molar-refractivity contribution is -0.164. The van der Waals surface area contributed by atoms with Crippen molar-refractivity contribution in [2.24, 2.45) is 0 Å². The highest BCUT2D eigenvalue weighted by molar-refractivity contribution is 5.88. The Kier molecular flexibility index (Phi) is 6.40. The van der Waals surface area contributed by atoms with Crippen LogP contribution in [0.15, 0.2) is 48.5 Å². The van der Waals surface area contributed by atoms with Crippen LogP contribution in [0.3, 0.4) is 0 Å². The normalized spacial score (nSPS) is 16.7. The van der Waals surface area contributed by atoms with E-state index in [4.69, 9.17) is 4.74 Å². The first-order valence-corrected chi connectivity index (χ1v) is 11.5. The van der Waals surface area contributed by atoms with Gasteiger partial charge in [0.2, 0.25) is 5.91 Å². The SMILES string of the molecule is CC[C@H](CC(=O)N(C)C1(C(=O)O)CCC1)NC(=O)OCC1c2ccccc2-c2ccccc21. The molecule has 0 heterocycles. The van der Waals surface area contributed by atoms with E-state index < -0.39 is 23.6 Å². The molecule has 33 heavy (non-hydrogen) atoms. The van der Waals surface area contributed by atoms with Gasteiger partial charge >= 0.3 is 12.1 Å². The van der Waals surface area contributed by atoms with Gasteiger partial charge in [0.05, 0.1) is 0 Å². The first-order valence-electron chi connectivity index (χ1n) is 11.5. The predicted octanol–water partition coefficient (Wildman–Crippen LogP) is 4.16. The molecule has 0 bridgehead atoms. The number of carbonyl (C=O) groups is 3. The summed E-state index contributed by atoms with van der Waals surface area (Å²) in [7, 11) is 1.54. The Labute approximate surface area is 193 Å². The number of carbonyl (C=O) groups excluding carboxylic acids is 2. The van der Waals surface area contributed by atoms with Crippen LogP contribution in [0, 0.1) is 0 Å². The van der Waals surface area contributed by atoms with Gasteiger partial charge in [-0.2, -0.15) is 0 Å². The fraction of sp³-hybridized carbons (Fsp3) is 0.423. The second-order valence-electron chi connectivity index (χ2n) is 8.92. The molecule has 7 heteroatoms. The van der Waals surface area contributed by atoms with Gasteiger partial charge in [0.25, 0.3) is 0 Å². The minimum Gasteiger partial charge on any atom is -0.479 e. The van der Waals surface area contributed by atoms with Crippen molar-refractivity contribution in [3.8, 4) is 11.1 Å². The average Bonchev–Trinajstić information content (AvgIpc) is 3.10.